The molecule has 38 heavy (non-hydrogen) atoms. The lowest BCUT2D eigenvalue weighted by Crippen LogP contribution is -2.15. The van der Waals surface area contributed by atoms with Gasteiger partial charge in [0.05, 0.1) is 82.0 Å². The van der Waals surface area contributed by atoms with Crippen molar-refractivity contribution in [1.82, 2.24) is 0 Å². The Morgan fingerprint density at radius 3 is 1.66 bits per heavy atom. The number of nitrogen functional groups attached to an aromatic ring is 1. The summed E-state index contributed by atoms with van der Waals surface area (Å²) in [6.07, 6.45) is 0. The molecule has 0 saturated heterocycles. The third-order valence-corrected chi connectivity index (χ3v) is 4.82. The van der Waals surface area contributed by atoms with Crippen molar-refractivity contribution in [2.24, 2.45) is 0 Å². The van der Waals surface area contributed by atoms with Crippen LogP contribution in [0.15, 0.2) is 42.5 Å². The predicted molar refractivity (Wildman–Crippen MR) is 139 cm³/mol. The van der Waals surface area contributed by atoms with Crippen molar-refractivity contribution in [1.29, 1.82) is 0 Å². The Kier molecular flexibility index (Phi) is 15.0. The van der Waals surface area contributed by atoms with Crippen molar-refractivity contribution in [2.45, 2.75) is 0 Å². The van der Waals surface area contributed by atoms with Crippen LogP contribution in [0.25, 0.3) is 0 Å². The Morgan fingerprint density at radius 1 is 0.658 bits per heavy atom. The number of benzene rings is 2. The first-order valence-electron chi connectivity index (χ1n) is 12.0. The Morgan fingerprint density at radius 2 is 1.16 bits per heavy atom. The SMILES string of the molecule is Nc1ccc(OCCOCCOCCOCCOCCOCCNc2ccc([N+](=O)[O-])cc2[N+](=O)[O-])cc1. The summed E-state index contributed by atoms with van der Waals surface area (Å²) in [5.74, 6) is 0.747. The lowest BCUT2D eigenvalue weighted by Gasteiger charge is -2.09. The first kappa shape index (κ1) is 30.7. The van der Waals surface area contributed by atoms with Gasteiger partial charge >= 0.3 is 0 Å². The molecule has 0 aromatic heterocycles. The number of anilines is 2. The van der Waals surface area contributed by atoms with E-state index in [9.17, 15) is 20.2 Å². The number of nitro groups is 2. The van der Waals surface area contributed by atoms with E-state index in [4.69, 9.17) is 34.2 Å². The summed E-state index contributed by atoms with van der Waals surface area (Å²) in [5, 5.41) is 24.7. The highest BCUT2D eigenvalue weighted by molar-refractivity contribution is 5.65. The van der Waals surface area contributed by atoms with E-state index in [-0.39, 0.29) is 23.7 Å². The average molecular weight is 539 g/mol. The van der Waals surface area contributed by atoms with Crippen molar-refractivity contribution < 1.29 is 38.3 Å². The minimum absolute atomic E-state index is 0.189. The Hall–Kier alpha value is -3.56. The van der Waals surface area contributed by atoms with E-state index in [1.165, 1.54) is 12.1 Å². The van der Waals surface area contributed by atoms with Gasteiger partial charge in [0, 0.05) is 18.3 Å². The molecule has 0 aliphatic rings. The van der Waals surface area contributed by atoms with E-state index in [1.807, 2.05) is 12.1 Å². The van der Waals surface area contributed by atoms with Crippen molar-refractivity contribution >= 4 is 22.7 Å². The Bertz CT molecular complexity index is 962. The predicted octanol–water partition coefficient (Wildman–Crippen LogP) is 2.66. The van der Waals surface area contributed by atoms with Crippen LogP contribution in [0.3, 0.4) is 0 Å². The molecule has 0 fully saturated rings. The Balaban J connectivity index is 1.33. The molecule has 0 aliphatic carbocycles. The third kappa shape index (κ3) is 13.1. The van der Waals surface area contributed by atoms with Crippen LogP contribution in [0, 0.1) is 20.2 Å². The van der Waals surface area contributed by atoms with Crippen molar-refractivity contribution in [3.8, 4) is 5.75 Å². The van der Waals surface area contributed by atoms with Crippen LogP contribution in [0.2, 0.25) is 0 Å². The van der Waals surface area contributed by atoms with Crippen molar-refractivity contribution in [2.75, 3.05) is 90.3 Å². The van der Waals surface area contributed by atoms with E-state index in [0.29, 0.717) is 78.3 Å². The van der Waals surface area contributed by atoms with E-state index in [2.05, 4.69) is 5.32 Å². The van der Waals surface area contributed by atoms with Gasteiger partial charge in [-0.3, -0.25) is 20.2 Å². The molecular weight excluding hydrogens is 504 g/mol. The normalized spacial score (nSPS) is 10.8. The van der Waals surface area contributed by atoms with Gasteiger partial charge in [-0.1, -0.05) is 0 Å². The molecule has 0 spiro atoms. The van der Waals surface area contributed by atoms with E-state index >= 15 is 0 Å². The lowest BCUT2D eigenvalue weighted by atomic mass is 10.2. The van der Waals surface area contributed by atoms with Crippen LogP contribution in [0.4, 0.5) is 22.7 Å². The zero-order chi connectivity index (χ0) is 27.4. The minimum Gasteiger partial charge on any atom is -0.491 e. The fourth-order valence-electron chi connectivity index (χ4n) is 2.96. The summed E-state index contributed by atoms with van der Waals surface area (Å²) in [7, 11) is 0. The zero-order valence-corrected chi connectivity index (χ0v) is 21.1. The molecule has 2 aromatic rings. The number of nitro benzene ring substituents is 2. The number of rotatable bonds is 22. The highest BCUT2D eigenvalue weighted by Crippen LogP contribution is 2.28. The van der Waals surface area contributed by atoms with Crippen LogP contribution >= 0.6 is 0 Å². The maximum absolute atomic E-state index is 11.1. The largest absolute Gasteiger partial charge is 0.491 e. The van der Waals surface area contributed by atoms with Gasteiger partial charge < -0.3 is 39.5 Å². The molecular formula is C24H34N4O10. The average Bonchev–Trinajstić information content (AvgIpc) is 2.90. The third-order valence-electron chi connectivity index (χ3n) is 4.82. The number of non-ortho nitro benzene ring substituents is 1. The summed E-state index contributed by atoms with van der Waals surface area (Å²) in [6.45, 7) is 4.87. The smallest absolute Gasteiger partial charge is 0.299 e. The molecule has 0 amide bonds. The molecule has 0 heterocycles. The summed E-state index contributed by atoms with van der Waals surface area (Å²) < 4.78 is 32.6. The van der Waals surface area contributed by atoms with Crippen LogP contribution in [-0.2, 0) is 23.7 Å². The lowest BCUT2D eigenvalue weighted by molar-refractivity contribution is -0.393. The van der Waals surface area contributed by atoms with Gasteiger partial charge in [0.25, 0.3) is 11.4 Å². The second kappa shape index (κ2) is 18.6. The zero-order valence-electron chi connectivity index (χ0n) is 21.1. The summed E-state index contributed by atoms with van der Waals surface area (Å²) in [6, 6.07) is 10.6. The highest BCUT2D eigenvalue weighted by Gasteiger charge is 2.18. The number of nitrogens with one attached hydrogen (secondary N) is 1. The number of nitrogens with two attached hydrogens (primary N) is 1. The van der Waals surface area contributed by atoms with Gasteiger partial charge in [0.15, 0.2) is 0 Å². The van der Waals surface area contributed by atoms with Crippen molar-refractivity contribution in [3.63, 3.8) is 0 Å². The van der Waals surface area contributed by atoms with Gasteiger partial charge in [0.2, 0.25) is 0 Å². The second-order valence-corrected chi connectivity index (χ2v) is 7.62. The van der Waals surface area contributed by atoms with E-state index in [0.717, 1.165) is 11.8 Å². The molecule has 2 aromatic carbocycles. The number of ether oxygens (including phenoxy) is 6. The molecule has 210 valence electrons. The van der Waals surface area contributed by atoms with Gasteiger partial charge in [0.1, 0.15) is 18.0 Å². The molecule has 2 rings (SSSR count). The van der Waals surface area contributed by atoms with Crippen molar-refractivity contribution in [3.05, 3.63) is 62.7 Å². The highest BCUT2D eigenvalue weighted by atomic mass is 16.6. The van der Waals surface area contributed by atoms with E-state index in [1.54, 1.807) is 12.1 Å². The van der Waals surface area contributed by atoms with Gasteiger partial charge in [-0.2, -0.15) is 0 Å². The van der Waals surface area contributed by atoms with Crippen LogP contribution < -0.4 is 15.8 Å². The maximum atomic E-state index is 11.1. The summed E-state index contributed by atoms with van der Waals surface area (Å²) >= 11 is 0. The number of nitrogens with zero attached hydrogens (tertiary/aromatic N) is 2. The van der Waals surface area contributed by atoms with Crippen LogP contribution in [0.1, 0.15) is 0 Å². The fraction of sp³-hybridized carbons (Fsp3) is 0.500. The maximum Gasteiger partial charge on any atom is 0.299 e. The molecule has 0 atom stereocenters. The second-order valence-electron chi connectivity index (χ2n) is 7.62. The summed E-state index contributed by atoms with van der Waals surface area (Å²) in [5.41, 5.74) is 5.79. The topological polar surface area (TPSA) is 180 Å². The molecule has 0 unspecified atom stereocenters. The van der Waals surface area contributed by atoms with Gasteiger partial charge in [-0.15, -0.1) is 0 Å². The van der Waals surface area contributed by atoms with E-state index < -0.39 is 9.85 Å². The standard InChI is InChI=1S/C24H34N4O10/c25-20-1-4-22(5-2-20)38-18-17-37-16-15-36-14-13-35-12-11-34-10-9-33-8-7-26-23-6-3-21(27(29)30)19-24(23)28(31)32/h1-6,19,26H,7-18,25H2. The molecule has 3 N–H and O–H groups in total. The van der Waals surface area contributed by atoms with Gasteiger partial charge in [-0.25, -0.2) is 0 Å². The van der Waals surface area contributed by atoms with Gasteiger partial charge in [-0.05, 0) is 30.3 Å². The summed E-state index contributed by atoms with van der Waals surface area (Å²) in [4.78, 5) is 20.5. The molecule has 0 saturated carbocycles. The first-order chi connectivity index (χ1) is 18.5. The van der Waals surface area contributed by atoms with Crippen LogP contribution in [-0.4, -0.2) is 89.1 Å². The molecule has 14 heteroatoms. The quantitative estimate of drug-likeness (QED) is 0.0970. The minimum atomic E-state index is -0.681. The first-order valence-corrected chi connectivity index (χ1v) is 12.0. The van der Waals surface area contributed by atoms with Crippen LogP contribution in [0.5, 0.6) is 5.75 Å². The monoisotopic (exact) mass is 538 g/mol. The molecule has 0 aliphatic heterocycles. The number of hydrogen-bond donors (Lipinski definition) is 2. The molecule has 0 bridgehead atoms. The molecule has 0 radical (unpaired) electrons. The molecule has 14 nitrogen and oxygen atoms in total. The fourth-order valence-corrected chi connectivity index (χ4v) is 2.96. The Labute approximate surface area is 220 Å². The number of hydrogen-bond acceptors (Lipinski definition) is 12.